The lowest BCUT2D eigenvalue weighted by atomic mass is 10.2. The molecule has 9 heavy (non-hydrogen) atoms. The van der Waals surface area contributed by atoms with Crippen LogP contribution in [0.15, 0.2) is 0 Å². The summed E-state index contributed by atoms with van der Waals surface area (Å²) in [6, 6.07) is 0. The molecule has 0 N–H and O–H groups in total. The third-order valence-corrected chi connectivity index (χ3v) is 0.960. The molecule has 0 saturated heterocycles. The Bertz CT molecular complexity index is 191. The van der Waals surface area contributed by atoms with Gasteiger partial charge in [0.1, 0.15) is 7.05 Å². The fourth-order valence-electron chi connectivity index (χ4n) is 0.468. The van der Waals surface area contributed by atoms with Crippen molar-refractivity contribution in [1.82, 2.24) is 20.2 Å². The molecule has 0 amide bonds. The number of aromatic nitrogens is 4. The van der Waals surface area contributed by atoms with Crippen LogP contribution in [-0.2, 0) is 0 Å². The fourth-order valence-corrected chi connectivity index (χ4v) is 0.468. The molecule has 1 rings (SSSR count). The predicted molar refractivity (Wildman–Crippen MR) is 31.6 cm³/mol. The lowest BCUT2D eigenvalue weighted by Crippen LogP contribution is -1.92. The van der Waals surface area contributed by atoms with Gasteiger partial charge < -0.3 is 0 Å². The first kappa shape index (κ1) is 6.19. The Kier molecular flexibility index (Phi) is 1.46. The van der Waals surface area contributed by atoms with Gasteiger partial charge in [0.15, 0.2) is 5.82 Å². The molecule has 0 spiro atoms. The Morgan fingerprint density at radius 1 is 1.56 bits per heavy atom. The van der Waals surface area contributed by atoms with E-state index in [-0.39, 0.29) is 0 Å². The SMILES string of the molecule is [CH]n1nnc(C(C)C)n1. The van der Waals surface area contributed by atoms with E-state index in [1.165, 1.54) is 0 Å². The normalized spacial score (nSPS) is 10.7. The van der Waals surface area contributed by atoms with Gasteiger partial charge in [-0.25, -0.2) is 0 Å². The third kappa shape index (κ3) is 1.25. The molecular weight excluding hydrogens is 116 g/mol. The minimum absolute atomic E-state index is 0.294. The van der Waals surface area contributed by atoms with Gasteiger partial charge in [-0.1, -0.05) is 13.8 Å². The van der Waals surface area contributed by atoms with Gasteiger partial charge in [0.05, 0.1) is 0 Å². The molecule has 0 aliphatic carbocycles. The minimum atomic E-state index is 0.294. The summed E-state index contributed by atoms with van der Waals surface area (Å²) in [7, 11) is 5.15. The zero-order valence-corrected chi connectivity index (χ0v) is 5.44. The lowest BCUT2D eigenvalue weighted by Gasteiger charge is -1.91. The van der Waals surface area contributed by atoms with Crippen LogP contribution in [0.3, 0.4) is 0 Å². The minimum Gasteiger partial charge on any atom is -0.156 e. The van der Waals surface area contributed by atoms with Crippen LogP contribution >= 0.6 is 0 Å². The summed E-state index contributed by atoms with van der Waals surface area (Å²) in [5.74, 6) is 0.972. The van der Waals surface area contributed by atoms with Crippen molar-refractivity contribution in [3.05, 3.63) is 12.9 Å². The van der Waals surface area contributed by atoms with Crippen molar-refractivity contribution in [1.29, 1.82) is 0 Å². The number of tetrazole rings is 1. The first-order chi connectivity index (χ1) is 4.20. The van der Waals surface area contributed by atoms with Crippen LogP contribution in [0.5, 0.6) is 0 Å². The Labute approximate surface area is 53.9 Å². The third-order valence-electron chi connectivity index (χ3n) is 0.960. The average molecular weight is 124 g/mol. The van der Waals surface area contributed by atoms with Crippen molar-refractivity contribution in [2.24, 2.45) is 0 Å². The van der Waals surface area contributed by atoms with Gasteiger partial charge in [0.2, 0.25) is 0 Å². The average Bonchev–Trinajstić information content (AvgIpc) is 2.14. The molecule has 0 saturated carbocycles. The molecule has 0 aliphatic heterocycles. The van der Waals surface area contributed by atoms with Crippen molar-refractivity contribution in [2.45, 2.75) is 19.8 Å². The Balaban J connectivity index is 2.85. The molecule has 1 heterocycles. The molecule has 2 radical (unpaired) electrons. The van der Waals surface area contributed by atoms with Gasteiger partial charge in [-0.2, -0.15) is 4.80 Å². The summed E-state index contributed by atoms with van der Waals surface area (Å²) in [4.78, 5) is 0.968. The molecule has 1 aromatic rings. The monoisotopic (exact) mass is 124 g/mol. The second-order valence-electron chi connectivity index (χ2n) is 2.12. The van der Waals surface area contributed by atoms with Gasteiger partial charge in [0.25, 0.3) is 0 Å². The van der Waals surface area contributed by atoms with E-state index in [4.69, 9.17) is 7.05 Å². The van der Waals surface area contributed by atoms with Crippen LogP contribution in [0.4, 0.5) is 0 Å². The number of hydrogen-bond donors (Lipinski definition) is 0. The first-order valence-electron chi connectivity index (χ1n) is 2.75. The number of hydrogen-bond acceptors (Lipinski definition) is 3. The van der Waals surface area contributed by atoms with Crippen LogP contribution in [0.25, 0.3) is 0 Å². The highest BCUT2D eigenvalue weighted by Crippen LogP contribution is 2.04. The molecule has 0 atom stereocenters. The van der Waals surface area contributed by atoms with Crippen LogP contribution in [0.1, 0.15) is 25.6 Å². The Morgan fingerprint density at radius 3 is 2.44 bits per heavy atom. The molecule has 1 aromatic heterocycles. The predicted octanol–water partition coefficient (Wildman–Crippen LogP) is 0.313. The summed E-state index contributed by atoms with van der Waals surface area (Å²) >= 11 is 0. The largest absolute Gasteiger partial charge is 0.177 e. The summed E-state index contributed by atoms with van der Waals surface area (Å²) in [6.45, 7) is 3.97. The van der Waals surface area contributed by atoms with Crippen molar-refractivity contribution in [3.63, 3.8) is 0 Å². The zero-order chi connectivity index (χ0) is 6.85. The van der Waals surface area contributed by atoms with E-state index in [9.17, 15) is 0 Å². The van der Waals surface area contributed by atoms with E-state index in [0.29, 0.717) is 11.7 Å². The molecule has 0 aromatic carbocycles. The molecule has 0 aliphatic rings. The number of rotatable bonds is 1. The van der Waals surface area contributed by atoms with Crippen LogP contribution in [0, 0.1) is 7.05 Å². The summed E-state index contributed by atoms with van der Waals surface area (Å²) < 4.78 is 0. The van der Waals surface area contributed by atoms with Gasteiger partial charge in [-0.05, 0) is 5.21 Å². The maximum Gasteiger partial charge on any atom is 0.177 e. The second kappa shape index (κ2) is 2.13. The summed E-state index contributed by atoms with van der Waals surface area (Å²) in [5.41, 5.74) is 0. The van der Waals surface area contributed by atoms with Gasteiger partial charge in [-0.15, -0.1) is 10.2 Å². The van der Waals surface area contributed by atoms with Gasteiger partial charge in [-0.3, -0.25) is 0 Å². The topological polar surface area (TPSA) is 43.6 Å². The quantitative estimate of drug-likeness (QED) is 0.541. The smallest absolute Gasteiger partial charge is 0.156 e. The summed E-state index contributed by atoms with van der Waals surface area (Å²) in [6.07, 6.45) is 0. The summed E-state index contributed by atoms with van der Waals surface area (Å²) in [5, 5.41) is 10.9. The van der Waals surface area contributed by atoms with E-state index in [1.54, 1.807) is 0 Å². The van der Waals surface area contributed by atoms with Crippen molar-refractivity contribution >= 4 is 0 Å². The van der Waals surface area contributed by atoms with Gasteiger partial charge in [0, 0.05) is 5.92 Å². The van der Waals surface area contributed by atoms with E-state index in [1.807, 2.05) is 13.8 Å². The van der Waals surface area contributed by atoms with Gasteiger partial charge >= 0.3 is 0 Å². The Hall–Kier alpha value is -0.930. The molecule has 4 heteroatoms. The molecule has 0 bridgehead atoms. The molecular formula is C5H8N4. The van der Waals surface area contributed by atoms with Crippen molar-refractivity contribution in [3.8, 4) is 0 Å². The van der Waals surface area contributed by atoms with E-state index < -0.39 is 0 Å². The Morgan fingerprint density at radius 2 is 2.22 bits per heavy atom. The van der Waals surface area contributed by atoms with E-state index in [0.717, 1.165) is 4.80 Å². The van der Waals surface area contributed by atoms with Crippen LogP contribution in [-0.4, -0.2) is 20.2 Å². The highest BCUT2D eigenvalue weighted by Gasteiger charge is 2.03. The standard InChI is InChI=1S/C5H8N4/c1-4(2)5-6-8-9(3)7-5/h3-4H,1-2H3. The van der Waals surface area contributed by atoms with Crippen LogP contribution < -0.4 is 0 Å². The first-order valence-corrected chi connectivity index (χ1v) is 2.75. The number of nitrogens with zero attached hydrogens (tertiary/aromatic N) is 4. The maximum absolute atomic E-state index is 5.15. The molecule has 48 valence electrons. The van der Waals surface area contributed by atoms with E-state index in [2.05, 4.69) is 15.4 Å². The van der Waals surface area contributed by atoms with Crippen LogP contribution in [0.2, 0.25) is 0 Å². The highest BCUT2D eigenvalue weighted by atomic mass is 15.6. The highest BCUT2D eigenvalue weighted by molar-refractivity contribution is 4.84. The zero-order valence-electron chi connectivity index (χ0n) is 5.44. The fraction of sp³-hybridized carbons (Fsp3) is 0.600. The van der Waals surface area contributed by atoms with E-state index >= 15 is 0 Å². The second-order valence-corrected chi connectivity index (χ2v) is 2.12. The molecule has 0 fully saturated rings. The molecule has 4 nitrogen and oxygen atoms in total. The van der Waals surface area contributed by atoms with Crippen molar-refractivity contribution < 1.29 is 0 Å². The maximum atomic E-state index is 5.15. The van der Waals surface area contributed by atoms with Crippen molar-refractivity contribution in [2.75, 3.05) is 0 Å². The lowest BCUT2D eigenvalue weighted by molar-refractivity contribution is 0.706. The molecule has 0 unspecified atom stereocenters.